The SMILES string of the molecule is CCC(=O)c1c(O)cc(C(C)CC/C=C/NOC)oc1=O. The Hall–Kier alpha value is -2.08. The summed E-state index contributed by atoms with van der Waals surface area (Å²) in [5.41, 5.74) is 1.53. The van der Waals surface area contributed by atoms with Crippen molar-refractivity contribution in [3.05, 3.63) is 40.1 Å². The van der Waals surface area contributed by atoms with E-state index >= 15 is 0 Å². The summed E-state index contributed by atoms with van der Waals surface area (Å²) in [7, 11) is 1.52. The van der Waals surface area contributed by atoms with E-state index in [9.17, 15) is 14.7 Å². The number of Topliss-reactive ketones (excluding diaryl/α,β-unsaturated/α-hetero) is 1. The first kappa shape index (κ1) is 17.0. The predicted molar refractivity (Wildman–Crippen MR) is 78.2 cm³/mol. The average Bonchev–Trinajstić information content (AvgIpc) is 2.45. The van der Waals surface area contributed by atoms with Gasteiger partial charge < -0.3 is 9.52 Å². The Morgan fingerprint density at radius 2 is 2.29 bits per heavy atom. The molecular formula is C15H21NO5. The van der Waals surface area contributed by atoms with Crippen LogP contribution in [0.4, 0.5) is 0 Å². The molecule has 0 saturated carbocycles. The van der Waals surface area contributed by atoms with Gasteiger partial charge in [0.2, 0.25) is 0 Å². The van der Waals surface area contributed by atoms with Gasteiger partial charge in [0.15, 0.2) is 5.78 Å². The van der Waals surface area contributed by atoms with E-state index in [1.807, 2.05) is 13.0 Å². The highest BCUT2D eigenvalue weighted by molar-refractivity contribution is 5.97. The molecule has 0 radical (unpaired) electrons. The highest BCUT2D eigenvalue weighted by Gasteiger charge is 2.19. The van der Waals surface area contributed by atoms with E-state index in [4.69, 9.17) is 4.42 Å². The topological polar surface area (TPSA) is 88.8 Å². The molecule has 116 valence electrons. The number of aromatic hydroxyl groups is 1. The third-order valence-corrected chi connectivity index (χ3v) is 3.11. The molecule has 0 aliphatic heterocycles. The predicted octanol–water partition coefficient (Wildman–Crippen LogP) is 2.49. The van der Waals surface area contributed by atoms with Crippen molar-refractivity contribution >= 4 is 5.78 Å². The van der Waals surface area contributed by atoms with Crippen molar-refractivity contribution in [2.24, 2.45) is 0 Å². The van der Waals surface area contributed by atoms with E-state index in [1.54, 1.807) is 13.1 Å². The van der Waals surface area contributed by atoms with E-state index in [0.29, 0.717) is 5.76 Å². The first-order valence-corrected chi connectivity index (χ1v) is 6.85. The molecule has 6 nitrogen and oxygen atoms in total. The molecule has 1 rings (SSSR count). The van der Waals surface area contributed by atoms with Crippen molar-refractivity contribution in [1.29, 1.82) is 0 Å². The van der Waals surface area contributed by atoms with Crippen LogP contribution in [0.2, 0.25) is 0 Å². The van der Waals surface area contributed by atoms with Crippen LogP contribution in [0.25, 0.3) is 0 Å². The average molecular weight is 295 g/mol. The van der Waals surface area contributed by atoms with Crippen molar-refractivity contribution < 1.29 is 19.2 Å². The van der Waals surface area contributed by atoms with Gasteiger partial charge in [0.1, 0.15) is 17.1 Å². The lowest BCUT2D eigenvalue weighted by atomic mass is 10.0. The molecule has 0 aliphatic rings. The number of hydroxylamine groups is 1. The first-order valence-electron chi connectivity index (χ1n) is 6.85. The highest BCUT2D eigenvalue weighted by atomic mass is 16.6. The lowest BCUT2D eigenvalue weighted by Gasteiger charge is -2.10. The number of hydrogen-bond donors (Lipinski definition) is 2. The van der Waals surface area contributed by atoms with Gasteiger partial charge in [-0.2, -0.15) is 0 Å². The zero-order chi connectivity index (χ0) is 15.8. The Bertz CT molecular complexity index is 562. The largest absolute Gasteiger partial charge is 0.507 e. The molecule has 1 aromatic rings. The van der Waals surface area contributed by atoms with Crippen molar-refractivity contribution in [3.63, 3.8) is 0 Å². The molecule has 0 bridgehead atoms. The van der Waals surface area contributed by atoms with E-state index in [0.717, 1.165) is 12.8 Å². The van der Waals surface area contributed by atoms with Crippen LogP contribution in [0, 0.1) is 0 Å². The summed E-state index contributed by atoms with van der Waals surface area (Å²) < 4.78 is 5.15. The van der Waals surface area contributed by atoms with Crippen LogP contribution < -0.4 is 11.1 Å². The third-order valence-electron chi connectivity index (χ3n) is 3.11. The molecule has 0 saturated heterocycles. The van der Waals surface area contributed by atoms with Crippen LogP contribution in [0.15, 0.2) is 27.6 Å². The standard InChI is InChI=1S/C15H21NO5/c1-4-11(17)14-12(18)9-13(21-15(14)19)10(2)7-5-6-8-16-20-3/h6,8-10,16,18H,4-5,7H2,1-3H3/b8-6+. The fourth-order valence-corrected chi connectivity index (χ4v) is 1.86. The fraction of sp³-hybridized carbons (Fsp3) is 0.467. The second kappa shape index (κ2) is 8.26. The third kappa shape index (κ3) is 4.75. The molecule has 1 aromatic heterocycles. The summed E-state index contributed by atoms with van der Waals surface area (Å²) in [6.45, 7) is 3.51. The summed E-state index contributed by atoms with van der Waals surface area (Å²) in [4.78, 5) is 28.0. The minimum Gasteiger partial charge on any atom is -0.507 e. The first-order chi connectivity index (χ1) is 10.0. The van der Waals surface area contributed by atoms with E-state index in [2.05, 4.69) is 10.3 Å². The molecule has 0 spiro atoms. The van der Waals surface area contributed by atoms with E-state index in [1.165, 1.54) is 13.2 Å². The van der Waals surface area contributed by atoms with Gasteiger partial charge in [-0.3, -0.25) is 15.1 Å². The van der Waals surface area contributed by atoms with Crippen LogP contribution >= 0.6 is 0 Å². The maximum Gasteiger partial charge on any atom is 0.350 e. The quantitative estimate of drug-likeness (QED) is 0.566. The van der Waals surface area contributed by atoms with Gasteiger partial charge in [-0.25, -0.2) is 4.79 Å². The van der Waals surface area contributed by atoms with Gasteiger partial charge in [0.25, 0.3) is 0 Å². The van der Waals surface area contributed by atoms with Gasteiger partial charge in [-0.1, -0.05) is 19.9 Å². The minimum absolute atomic E-state index is 0.0541. The van der Waals surface area contributed by atoms with Crippen molar-refractivity contribution in [2.45, 2.75) is 39.0 Å². The van der Waals surface area contributed by atoms with E-state index in [-0.39, 0.29) is 23.7 Å². The summed E-state index contributed by atoms with van der Waals surface area (Å²) in [5, 5.41) is 9.84. The smallest absolute Gasteiger partial charge is 0.350 e. The zero-order valence-corrected chi connectivity index (χ0v) is 12.5. The Labute approximate surface area is 123 Å². The zero-order valence-electron chi connectivity index (χ0n) is 12.5. The number of ketones is 1. The number of allylic oxidation sites excluding steroid dienone is 1. The summed E-state index contributed by atoms with van der Waals surface area (Å²) in [6, 6.07) is 1.35. The van der Waals surface area contributed by atoms with Crippen LogP contribution in [0.5, 0.6) is 5.75 Å². The van der Waals surface area contributed by atoms with Crippen LogP contribution in [-0.2, 0) is 4.84 Å². The Balaban J connectivity index is 2.80. The van der Waals surface area contributed by atoms with Gasteiger partial charge in [-0.05, 0) is 12.8 Å². The monoisotopic (exact) mass is 295 g/mol. The Morgan fingerprint density at radius 1 is 1.57 bits per heavy atom. The molecule has 21 heavy (non-hydrogen) atoms. The van der Waals surface area contributed by atoms with Crippen molar-refractivity contribution in [3.8, 4) is 5.75 Å². The summed E-state index contributed by atoms with van der Waals surface area (Å²) >= 11 is 0. The molecule has 0 aromatic carbocycles. The molecule has 0 amide bonds. The second-order valence-electron chi connectivity index (χ2n) is 4.68. The van der Waals surface area contributed by atoms with E-state index < -0.39 is 11.4 Å². The lowest BCUT2D eigenvalue weighted by Crippen LogP contribution is -2.15. The van der Waals surface area contributed by atoms with Crippen LogP contribution in [0.1, 0.15) is 55.1 Å². The van der Waals surface area contributed by atoms with Gasteiger partial charge in [0, 0.05) is 24.6 Å². The van der Waals surface area contributed by atoms with Crippen LogP contribution in [-0.4, -0.2) is 18.0 Å². The minimum atomic E-state index is -0.778. The number of carbonyl (C=O) groups excluding carboxylic acids is 1. The molecule has 0 fully saturated rings. The second-order valence-corrected chi connectivity index (χ2v) is 4.68. The lowest BCUT2D eigenvalue weighted by molar-refractivity contribution is 0.0980. The fourth-order valence-electron chi connectivity index (χ4n) is 1.86. The summed E-state index contributed by atoms with van der Waals surface area (Å²) in [6.07, 6.45) is 5.17. The normalized spacial score (nSPS) is 12.5. The number of hydrogen-bond acceptors (Lipinski definition) is 6. The van der Waals surface area contributed by atoms with Crippen molar-refractivity contribution in [1.82, 2.24) is 5.48 Å². The number of nitrogens with one attached hydrogen (secondary N) is 1. The summed E-state index contributed by atoms with van der Waals surface area (Å²) in [5.74, 6) is -0.412. The highest BCUT2D eigenvalue weighted by Crippen LogP contribution is 2.25. The number of carbonyl (C=O) groups is 1. The number of rotatable bonds is 8. The van der Waals surface area contributed by atoms with Gasteiger partial charge in [-0.15, -0.1) is 0 Å². The Morgan fingerprint density at radius 3 is 2.86 bits per heavy atom. The van der Waals surface area contributed by atoms with Crippen molar-refractivity contribution in [2.75, 3.05) is 7.11 Å². The molecule has 1 atom stereocenters. The Kier molecular flexibility index (Phi) is 6.68. The van der Waals surface area contributed by atoms with Crippen LogP contribution in [0.3, 0.4) is 0 Å². The molecule has 6 heteroatoms. The van der Waals surface area contributed by atoms with Gasteiger partial charge in [0.05, 0.1) is 7.11 Å². The molecular weight excluding hydrogens is 274 g/mol. The molecule has 0 aliphatic carbocycles. The van der Waals surface area contributed by atoms with Gasteiger partial charge >= 0.3 is 5.63 Å². The molecule has 2 N–H and O–H groups in total. The maximum absolute atomic E-state index is 11.8. The molecule has 1 unspecified atom stereocenters. The molecule has 1 heterocycles. The maximum atomic E-state index is 11.8.